The van der Waals surface area contributed by atoms with E-state index in [1.807, 2.05) is 35.0 Å². The zero-order valence-corrected chi connectivity index (χ0v) is 14.1. The van der Waals surface area contributed by atoms with Crippen LogP contribution >= 0.6 is 0 Å². The number of pyridine rings is 1. The van der Waals surface area contributed by atoms with Gasteiger partial charge in [0, 0.05) is 36.6 Å². The fourth-order valence-corrected chi connectivity index (χ4v) is 3.27. The van der Waals surface area contributed by atoms with Crippen molar-refractivity contribution in [2.45, 2.75) is 19.0 Å². The van der Waals surface area contributed by atoms with Crippen molar-refractivity contribution in [3.63, 3.8) is 0 Å². The van der Waals surface area contributed by atoms with Gasteiger partial charge in [0.25, 0.3) is 5.91 Å². The number of hydrogen-bond donors (Lipinski definition) is 0. The van der Waals surface area contributed by atoms with Crippen molar-refractivity contribution in [1.29, 1.82) is 0 Å². The Morgan fingerprint density at radius 3 is 2.62 bits per heavy atom. The molecule has 1 aromatic carbocycles. The van der Waals surface area contributed by atoms with E-state index in [9.17, 15) is 9.18 Å². The van der Waals surface area contributed by atoms with Crippen LogP contribution in [0.15, 0.2) is 48.8 Å². The second-order valence-electron chi connectivity index (χ2n) is 6.42. The Hall–Kier alpha value is -3.20. The third-order valence-corrected chi connectivity index (χ3v) is 4.74. The van der Waals surface area contributed by atoms with Gasteiger partial charge in [-0.3, -0.25) is 4.79 Å². The van der Waals surface area contributed by atoms with E-state index < -0.39 is 6.17 Å². The summed E-state index contributed by atoms with van der Waals surface area (Å²) in [6.07, 6.45) is 3.48. The van der Waals surface area contributed by atoms with Gasteiger partial charge in [-0.25, -0.2) is 14.2 Å². The fraction of sp³-hybridized carbons (Fsp3) is 0.250. The van der Waals surface area contributed by atoms with E-state index in [1.165, 1.54) is 0 Å². The minimum absolute atomic E-state index is 0.0968. The molecule has 0 atom stereocenters. The molecule has 5 nitrogen and oxygen atoms in total. The first-order chi connectivity index (χ1) is 12.7. The van der Waals surface area contributed by atoms with E-state index in [0.29, 0.717) is 37.2 Å². The summed E-state index contributed by atoms with van der Waals surface area (Å²) in [7, 11) is 0. The number of alkyl halides is 1. The molecular weight excluding hydrogens is 331 g/mol. The number of hydrogen-bond acceptors (Lipinski definition) is 2. The second kappa shape index (κ2) is 6.60. The van der Waals surface area contributed by atoms with E-state index in [2.05, 4.69) is 9.83 Å². The van der Waals surface area contributed by atoms with Gasteiger partial charge in [0.1, 0.15) is 11.8 Å². The van der Waals surface area contributed by atoms with Crippen molar-refractivity contribution in [2.75, 3.05) is 13.1 Å². The molecule has 1 saturated heterocycles. The number of piperidine rings is 1. The molecule has 130 valence electrons. The number of likely N-dealkylation sites (tertiary alicyclic amines) is 1. The lowest BCUT2D eigenvalue weighted by atomic mass is 10.1. The summed E-state index contributed by atoms with van der Waals surface area (Å²) in [5, 5.41) is 0.866. The highest BCUT2D eigenvalue weighted by Gasteiger charge is 2.23. The van der Waals surface area contributed by atoms with E-state index >= 15 is 0 Å². The molecule has 3 heterocycles. The van der Waals surface area contributed by atoms with Gasteiger partial charge in [-0.2, -0.15) is 0 Å². The Morgan fingerprint density at radius 2 is 1.92 bits per heavy atom. The predicted molar refractivity (Wildman–Crippen MR) is 97.4 cm³/mol. The molecule has 1 amide bonds. The Morgan fingerprint density at radius 1 is 1.19 bits per heavy atom. The van der Waals surface area contributed by atoms with Crippen molar-refractivity contribution in [1.82, 2.24) is 14.5 Å². The van der Waals surface area contributed by atoms with Crippen LogP contribution in [0.2, 0.25) is 0 Å². The molecule has 26 heavy (non-hydrogen) atoms. The highest BCUT2D eigenvalue weighted by Crippen LogP contribution is 2.23. The highest BCUT2D eigenvalue weighted by molar-refractivity contribution is 5.97. The maximum absolute atomic E-state index is 13.3. The molecule has 1 aliphatic rings. The third-order valence-electron chi connectivity index (χ3n) is 4.74. The molecule has 0 radical (unpaired) electrons. The van der Waals surface area contributed by atoms with Crippen LogP contribution in [0.4, 0.5) is 10.1 Å². The molecule has 1 aliphatic heterocycles. The van der Waals surface area contributed by atoms with Crippen LogP contribution in [0.1, 0.15) is 23.2 Å². The number of nitrogens with zero attached hydrogens (tertiary/aromatic N) is 4. The van der Waals surface area contributed by atoms with Gasteiger partial charge in [0.05, 0.1) is 12.1 Å². The molecule has 1 fully saturated rings. The monoisotopic (exact) mass is 348 g/mol. The van der Waals surface area contributed by atoms with E-state index in [-0.39, 0.29) is 5.91 Å². The number of rotatable bonds is 2. The average molecular weight is 348 g/mol. The van der Waals surface area contributed by atoms with Crippen LogP contribution < -0.4 is 0 Å². The zero-order valence-electron chi connectivity index (χ0n) is 14.1. The summed E-state index contributed by atoms with van der Waals surface area (Å²) in [6.45, 7) is 7.93. The van der Waals surface area contributed by atoms with Gasteiger partial charge in [-0.05, 0) is 37.1 Å². The summed E-state index contributed by atoms with van der Waals surface area (Å²) in [5.41, 5.74) is 2.77. The van der Waals surface area contributed by atoms with Crippen molar-refractivity contribution < 1.29 is 9.18 Å². The van der Waals surface area contributed by atoms with Crippen LogP contribution in [0.3, 0.4) is 0 Å². The van der Waals surface area contributed by atoms with E-state index in [1.54, 1.807) is 23.2 Å². The van der Waals surface area contributed by atoms with Gasteiger partial charge >= 0.3 is 0 Å². The van der Waals surface area contributed by atoms with Gasteiger partial charge in [0.2, 0.25) is 0 Å². The molecule has 0 bridgehead atoms. The first kappa shape index (κ1) is 16.3. The third kappa shape index (κ3) is 2.93. The number of carbonyl (C=O) groups excluding carboxylic acids is 1. The molecule has 6 heteroatoms. The van der Waals surface area contributed by atoms with Crippen LogP contribution in [0.5, 0.6) is 0 Å². The standard InChI is InChI=1S/C20H17FN4O/c1-22-17-2-4-18(5-3-17)25-11-6-14-12-15(13-23-19(14)25)20(26)24-9-7-16(21)8-10-24/h2-6,11-13,16H,7-10H2. The van der Waals surface area contributed by atoms with E-state index in [4.69, 9.17) is 6.57 Å². The molecule has 3 aromatic rings. The quantitative estimate of drug-likeness (QED) is 0.653. The Balaban J connectivity index is 1.63. The summed E-state index contributed by atoms with van der Waals surface area (Å²) in [6, 6.07) is 11.0. The molecule has 2 aromatic heterocycles. The SMILES string of the molecule is [C-]#[N+]c1ccc(-n2ccc3cc(C(=O)N4CCC(F)CC4)cnc32)cc1. The number of fused-ring (bicyclic) bond motifs is 1. The van der Waals surface area contributed by atoms with Crippen LogP contribution in [-0.2, 0) is 0 Å². The lowest BCUT2D eigenvalue weighted by Crippen LogP contribution is -2.39. The minimum atomic E-state index is -0.803. The summed E-state index contributed by atoms with van der Waals surface area (Å²) < 4.78 is 15.2. The molecule has 0 N–H and O–H groups in total. The zero-order chi connectivity index (χ0) is 18.1. The summed E-state index contributed by atoms with van der Waals surface area (Å²) >= 11 is 0. The molecule has 4 rings (SSSR count). The van der Waals surface area contributed by atoms with Crippen molar-refractivity contribution in [3.8, 4) is 5.69 Å². The van der Waals surface area contributed by atoms with Crippen molar-refractivity contribution >= 4 is 22.6 Å². The summed E-state index contributed by atoms with van der Waals surface area (Å²) in [5.74, 6) is -0.0968. The lowest BCUT2D eigenvalue weighted by Gasteiger charge is -2.28. The maximum Gasteiger partial charge on any atom is 0.255 e. The summed E-state index contributed by atoms with van der Waals surface area (Å²) in [4.78, 5) is 22.2. The highest BCUT2D eigenvalue weighted by atomic mass is 19.1. The number of carbonyl (C=O) groups is 1. The number of halogens is 1. The molecule has 0 unspecified atom stereocenters. The largest absolute Gasteiger partial charge is 0.338 e. The number of aromatic nitrogens is 2. The Bertz CT molecular complexity index is 995. The Labute approximate surface area is 150 Å². The smallest absolute Gasteiger partial charge is 0.255 e. The first-order valence-electron chi connectivity index (χ1n) is 8.54. The second-order valence-corrected chi connectivity index (χ2v) is 6.42. The van der Waals surface area contributed by atoms with Crippen LogP contribution in [-0.4, -0.2) is 39.6 Å². The normalized spacial score (nSPS) is 15.2. The number of benzene rings is 1. The number of amides is 1. The maximum atomic E-state index is 13.3. The molecule has 0 aliphatic carbocycles. The molecule has 0 spiro atoms. The fourth-order valence-electron chi connectivity index (χ4n) is 3.27. The van der Waals surface area contributed by atoms with Gasteiger partial charge in [-0.15, -0.1) is 0 Å². The molecule has 0 saturated carbocycles. The van der Waals surface area contributed by atoms with Crippen LogP contribution in [0, 0.1) is 6.57 Å². The van der Waals surface area contributed by atoms with Gasteiger partial charge < -0.3 is 9.47 Å². The first-order valence-corrected chi connectivity index (χ1v) is 8.54. The lowest BCUT2D eigenvalue weighted by molar-refractivity contribution is 0.0667. The topological polar surface area (TPSA) is 42.5 Å². The van der Waals surface area contributed by atoms with E-state index in [0.717, 1.165) is 16.7 Å². The van der Waals surface area contributed by atoms with Gasteiger partial charge in [0.15, 0.2) is 5.69 Å². The predicted octanol–water partition coefficient (Wildman–Crippen LogP) is 4.15. The minimum Gasteiger partial charge on any atom is -0.338 e. The van der Waals surface area contributed by atoms with Crippen LogP contribution in [0.25, 0.3) is 21.6 Å². The van der Waals surface area contributed by atoms with Crippen molar-refractivity contribution in [2.24, 2.45) is 0 Å². The Kier molecular flexibility index (Phi) is 4.13. The van der Waals surface area contributed by atoms with Gasteiger partial charge in [-0.1, -0.05) is 12.1 Å². The molecular formula is C20H17FN4O. The average Bonchev–Trinajstić information content (AvgIpc) is 3.11. The van der Waals surface area contributed by atoms with Crippen molar-refractivity contribution in [3.05, 3.63) is 65.8 Å².